The molecule has 2 aromatic carbocycles. The Kier molecular flexibility index (Phi) is 3.57. The van der Waals surface area contributed by atoms with E-state index in [0.717, 1.165) is 10.9 Å². The summed E-state index contributed by atoms with van der Waals surface area (Å²) < 4.78 is 1.92. The van der Waals surface area contributed by atoms with Gasteiger partial charge in [0.25, 0.3) is 5.69 Å². The summed E-state index contributed by atoms with van der Waals surface area (Å²) in [5, 5.41) is 13.2. The first-order chi connectivity index (χ1) is 10.1. The van der Waals surface area contributed by atoms with Gasteiger partial charge >= 0.3 is 0 Å². The lowest BCUT2D eigenvalue weighted by atomic mass is 10.1. The van der Waals surface area contributed by atoms with Gasteiger partial charge in [-0.3, -0.25) is 10.1 Å². The lowest BCUT2D eigenvalue weighted by Crippen LogP contribution is -2.02. The molecule has 0 N–H and O–H groups in total. The van der Waals surface area contributed by atoms with Crippen molar-refractivity contribution >= 4 is 39.8 Å². The molecule has 1 aromatic heterocycles. The van der Waals surface area contributed by atoms with Gasteiger partial charge in [0, 0.05) is 33.2 Å². The smallest absolute Gasteiger partial charge is 0.274 e. The first kappa shape index (κ1) is 13.9. The van der Waals surface area contributed by atoms with Gasteiger partial charge in [0.05, 0.1) is 17.0 Å². The number of nitro groups is 1. The van der Waals surface area contributed by atoms with Crippen LogP contribution in [0.4, 0.5) is 5.69 Å². The van der Waals surface area contributed by atoms with E-state index in [0.29, 0.717) is 22.2 Å². The fourth-order valence-electron chi connectivity index (χ4n) is 2.37. The molecule has 0 saturated carbocycles. The molecular weight excluding hydrogens is 311 g/mol. The zero-order valence-electron chi connectivity index (χ0n) is 10.8. The van der Waals surface area contributed by atoms with Crippen molar-refractivity contribution in [2.75, 3.05) is 0 Å². The van der Waals surface area contributed by atoms with E-state index >= 15 is 0 Å². The average Bonchev–Trinajstić information content (AvgIpc) is 2.83. The largest absolute Gasteiger partial charge is 0.343 e. The predicted octanol–water partition coefficient (Wildman–Crippen LogP) is 4.90. The number of hydrogen-bond acceptors (Lipinski definition) is 2. The Bertz CT molecular complexity index is 843. The molecule has 4 nitrogen and oxygen atoms in total. The van der Waals surface area contributed by atoms with E-state index in [1.54, 1.807) is 6.07 Å². The highest BCUT2D eigenvalue weighted by molar-refractivity contribution is 6.35. The lowest BCUT2D eigenvalue weighted by Gasteiger charge is -2.07. The summed E-state index contributed by atoms with van der Waals surface area (Å²) in [6, 6.07) is 12.1. The number of benzene rings is 2. The van der Waals surface area contributed by atoms with Gasteiger partial charge in [0.1, 0.15) is 0 Å². The first-order valence-electron chi connectivity index (χ1n) is 6.22. The molecule has 106 valence electrons. The Balaban J connectivity index is 2.09. The first-order valence-corrected chi connectivity index (χ1v) is 6.98. The molecule has 0 aliphatic heterocycles. The van der Waals surface area contributed by atoms with Gasteiger partial charge in [-0.2, -0.15) is 0 Å². The van der Waals surface area contributed by atoms with Crippen LogP contribution >= 0.6 is 23.2 Å². The Labute approximate surface area is 130 Å². The van der Waals surface area contributed by atoms with Gasteiger partial charge in [-0.25, -0.2) is 0 Å². The van der Waals surface area contributed by atoms with Crippen molar-refractivity contribution in [2.45, 2.75) is 6.54 Å². The molecule has 0 aliphatic carbocycles. The van der Waals surface area contributed by atoms with Gasteiger partial charge in [-0.15, -0.1) is 0 Å². The third-order valence-electron chi connectivity index (χ3n) is 3.34. The third-order valence-corrected chi connectivity index (χ3v) is 3.90. The third kappa shape index (κ3) is 2.60. The number of nitrogens with zero attached hydrogens (tertiary/aromatic N) is 2. The maximum absolute atomic E-state index is 11.1. The van der Waals surface area contributed by atoms with Crippen molar-refractivity contribution in [3.63, 3.8) is 0 Å². The normalized spacial score (nSPS) is 11.0. The minimum atomic E-state index is -0.398. The van der Waals surface area contributed by atoms with E-state index in [1.807, 2.05) is 35.0 Å². The maximum Gasteiger partial charge on any atom is 0.274 e. The predicted molar refractivity (Wildman–Crippen MR) is 84.2 cm³/mol. The Morgan fingerprint density at radius 1 is 1.14 bits per heavy atom. The molecule has 0 saturated heterocycles. The van der Waals surface area contributed by atoms with Crippen LogP contribution in [0.2, 0.25) is 10.0 Å². The van der Waals surface area contributed by atoms with Crippen LogP contribution < -0.4 is 0 Å². The van der Waals surface area contributed by atoms with Crippen LogP contribution in [0.3, 0.4) is 0 Å². The summed E-state index contributed by atoms with van der Waals surface area (Å²) in [5.74, 6) is 0. The number of halogens is 2. The standard InChI is InChI=1S/C15H10Cl2N2O2/c16-11-4-5-14(19(20)21)10(8-11)9-18-7-6-12-13(17)2-1-3-15(12)18/h1-8H,9H2. The van der Waals surface area contributed by atoms with Gasteiger partial charge < -0.3 is 4.57 Å². The fraction of sp³-hybridized carbons (Fsp3) is 0.0667. The highest BCUT2D eigenvalue weighted by atomic mass is 35.5. The Morgan fingerprint density at radius 3 is 2.71 bits per heavy atom. The van der Waals surface area contributed by atoms with Crippen molar-refractivity contribution in [3.8, 4) is 0 Å². The minimum absolute atomic E-state index is 0.0586. The van der Waals surface area contributed by atoms with Crippen molar-refractivity contribution in [1.82, 2.24) is 4.57 Å². The second-order valence-electron chi connectivity index (χ2n) is 4.65. The van der Waals surface area contributed by atoms with Gasteiger partial charge in [-0.1, -0.05) is 29.3 Å². The van der Waals surface area contributed by atoms with Crippen molar-refractivity contribution in [1.29, 1.82) is 0 Å². The second kappa shape index (κ2) is 5.39. The number of hydrogen-bond donors (Lipinski definition) is 0. The molecule has 0 radical (unpaired) electrons. The number of nitro benzene ring substituents is 1. The lowest BCUT2D eigenvalue weighted by molar-refractivity contribution is -0.385. The summed E-state index contributed by atoms with van der Waals surface area (Å²) in [6.45, 7) is 0.362. The summed E-state index contributed by atoms with van der Waals surface area (Å²) in [4.78, 5) is 10.7. The molecular formula is C15H10Cl2N2O2. The van der Waals surface area contributed by atoms with Gasteiger partial charge in [0.15, 0.2) is 0 Å². The van der Waals surface area contributed by atoms with Crippen LogP contribution in [0.5, 0.6) is 0 Å². The SMILES string of the molecule is O=[N+]([O-])c1ccc(Cl)cc1Cn1ccc2c(Cl)cccc21. The minimum Gasteiger partial charge on any atom is -0.343 e. The molecule has 0 unspecified atom stereocenters. The Morgan fingerprint density at radius 2 is 1.95 bits per heavy atom. The quantitative estimate of drug-likeness (QED) is 0.508. The summed E-state index contributed by atoms with van der Waals surface area (Å²) in [5.41, 5.74) is 1.55. The van der Waals surface area contributed by atoms with Crippen LogP contribution in [-0.2, 0) is 6.54 Å². The maximum atomic E-state index is 11.1. The number of fused-ring (bicyclic) bond motifs is 1. The van der Waals surface area contributed by atoms with Crippen LogP contribution in [0, 0.1) is 10.1 Å². The van der Waals surface area contributed by atoms with E-state index < -0.39 is 4.92 Å². The molecule has 0 fully saturated rings. The van der Waals surface area contributed by atoms with Crippen molar-refractivity contribution in [2.24, 2.45) is 0 Å². The highest BCUT2D eigenvalue weighted by Crippen LogP contribution is 2.28. The zero-order chi connectivity index (χ0) is 15.0. The van der Waals surface area contributed by atoms with E-state index in [2.05, 4.69) is 0 Å². The monoisotopic (exact) mass is 320 g/mol. The molecule has 0 aliphatic rings. The molecule has 0 bridgehead atoms. The summed E-state index contributed by atoms with van der Waals surface area (Å²) in [7, 11) is 0. The van der Waals surface area contributed by atoms with Gasteiger partial charge in [0.2, 0.25) is 0 Å². The second-order valence-corrected chi connectivity index (χ2v) is 5.49. The number of rotatable bonds is 3. The van der Waals surface area contributed by atoms with Crippen LogP contribution in [0.15, 0.2) is 48.7 Å². The van der Waals surface area contributed by atoms with Crippen LogP contribution in [0.1, 0.15) is 5.56 Å². The fourth-order valence-corrected chi connectivity index (χ4v) is 2.79. The molecule has 0 spiro atoms. The zero-order valence-corrected chi connectivity index (χ0v) is 12.3. The molecule has 3 aromatic rings. The topological polar surface area (TPSA) is 48.1 Å². The molecule has 21 heavy (non-hydrogen) atoms. The van der Waals surface area contributed by atoms with Crippen molar-refractivity contribution < 1.29 is 4.92 Å². The number of aromatic nitrogens is 1. The molecule has 6 heteroatoms. The molecule has 0 atom stereocenters. The van der Waals surface area contributed by atoms with E-state index in [4.69, 9.17) is 23.2 Å². The summed E-state index contributed by atoms with van der Waals surface area (Å²) >= 11 is 12.1. The van der Waals surface area contributed by atoms with Crippen LogP contribution in [-0.4, -0.2) is 9.49 Å². The van der Waals surface area contributed by atoms with Crippen molar-refractivity contribution in [3.05, 3.63) is 74.4 Å². The molecule has 0 amide bonds. The average molecular weight is 321 g/mol. The summed E-state index contributed by atoms with van der Waals surface area (Å²) in [6.07, 6.45) is 1.86. The molecule has 3 rings (SSSR count). The van der Waals surface area contributed by atoms with Gasteiger partial charge in [-0.05, 0) is 30.3 Å². The van der Waals surface area contributed by atoms with Crippen LogP contribution in [0.25, 0.3) is 10.9 Å². The van der Waals surface area contributed by atoms with E-state index in [1.165, 1.54) is 12.1 Å². The van der Waals surface area contributed by atoms with E-state index in [9.17, 15) is 10.1 Å². The molecule has 1 heterocycles. The van der Waals surface area contributed by atoms with E-state index in [-0.39, 0.29) is 5.69 Å². The Hall–Kier alpha value is -2.04. The highest BCUT2D eigenvalue weighted by Gasteiger charge is 2.15.